The molecule has 1 aromatic heterocycles. The molecule has 0 fully saturated rings. The summed E-state index contributed by atoms with van der Waals surface area (Å²) in [6.45, 7) is 1.95. The van der Waals surface area contributed by atoms with E-state index in [2.05, 4.69) is 12.6 Å². The van der Waals surface area contributed by atoms with Crippen molar-refractivity contribution in [3.63, 3.8) is 0 Å². The van der Waals surface area contributed by atoms with E-state index in [1.807, 2.05) is 55.5 Å². The summed E-state index contributed by atoms with van der Waals surface area (Å²) in [6, 6.07) is 15.1. The highest BCUT2D eigenvalue weighted by molar-refractivity contribution is 7.80. The van der Waals surface area contributed by atoms with Gasteiger partial charge in [0.05, 0.1) is 10.3 Å². The number of benzene rings is 2. The van der Waals surface area contributed by atoms with Crippen LogP contribution < -0.4 is 5.43 Å². The van der Waals surface area contributed by atoms with Crippen molar-refractivity contribution >= 4 is 23.6 Å². The van der Waals surface area contributed by atoms with Crippen LogP contribution in [0, 0.1) is 6.92 Å². The maximum absolute atomic E-state index is 12.3. The Balaban J connectivity index is 2.37. The van der Waals surface area contributed by atoms with Gasteiger partial charge in [0.1, 0.15) is 5.58 Å². The highest BCUT2D eigenvalue weighted by atomic mass is 32.1. The highest BCUT2D eigenvalue weighted by Crippen LogP contribution is 2.27. The first kappa shape index (κ1) is 12.1. The summed E-state index contributed by atoms with van der Waals surface area (Å²) in [5, 5.41) is 0.574. The molecule has 0 bridgehead atoms. The van der Waals surface area contributed by atoms with Gasteiger partial charge >= 0.3 is 0 Å². The summed E-state index contributed by atoms with van der Waals surface area (Å²) in [6.07, 6.45) is 0. The van der Waals surface area contributed by atoms with E-state index in [9.17, 15) is 4.79 Å². The van der Waals surface area contributed by atoms with E-state index in [1.165, 1.54) is 0 Å². The van der Waals surface area contributed by atoms with Crippen LogP contribution in [0.2, 0.25) is 0 Å². The lowest BCUT2D eigenvalue weighted by Gasteiger charge is -2.06. The zero-order valence-corrected chi connectivity index (χ0v) is 11.3. The Morgan fingerprint density at radius 3 is 2.53 bits per heavy atom. The molecule has 1 heterocycles. The van der Waals surface area contributed by atoms with Crippen molar-refractivity contribution in [2.24, 2.45) is 0 Å². The van der Waals surface area contributed by atoms with Crippen LogP contribution in [-0.2, 0) is 0 Å². The average Bonchev–Trinajstić information content (AvgIpc) is 2.44. The summed E-state index contributed by atoms with van der Waals surface area (Å²) in [5.41, 5.74) is 2.38. The van der Waals surface area contributed by atoms with Gasteiger partial charge in [0.15, 0.2) is 5.76 Å². The van der Waals surface area contributed by atoms with Crippen LogP contribution in [0.5, 0.6) is 0 Å². The number of thiol groups is 1. The van der Waals surface area contributed by atoms with Gasteiger partial charge in [-0.25, -0.2) is 0 Å². The quantitative estimate of drug-likeness (QED) is 0.675. The molecule has 0 saturated heterocycles. The predicted molar refractivity (Wildman–Crippen MR) is 79.9 cm³/mol. The molecule has 2 aromatic carbocycles. The second-order valence-corrected chi connectivity index (χ2v) is 4.92. The monoisotopic (exact) mass is 268 g/mol. The van der Waals surface area contributed by atoms with E-state index in [-0.39, 0.29) is 5.43 Å². The van der Waals surface area contributed by atoms with Crippen LogP contribution in [0.3, 0.4) is 0 Å². The van der Waals surface area contributed by atoms with Crippen LogP contribution in [0.4, 0.5) is 0 Å². The lowest BCUT2D eigenvalue weighted by Crippen LogP contribution is -2.04. The molecule has 0 aliphatic heterocycles. The molecule has 0 amide bonds. The van der Waals surface area contributed by atoms with Gasteiger partial charge in [-0.2, -0.15) is 0 Å². The molecule has 2 nitrogen and oxygen atoms in total. The largest absolute Gasteiger partial charge is 0.455 e. The number of hydrogen-bond acceptors (Lipinski definition) is 3. The average molecular weight is 268 g/mol. The molecule has 0 saturated carbocycles. The maximum atomic E-state index is 12.3. The molecule has 0 N–H and O–H groups in total. The van der Waals surface area contributed by atoms with Crippen LogP contribution in [0.25, 0.3) is 22.3 Å². The molecular formula is C16H12O2S. The molecular weight excluding hydrogens is 256 g/mol. The highest BCUT2D eigenvalue weighted by Gasteiger charge is 2.12. The fourth-order valence-electron chi connectivity index (χ4n) is 2.08. The molecule has 0 spiro atoms. The van der Waals surface area contributed by atoms with Gasteiger partial charge in [-0.3, -0.25) is 4.79 Å². The molecule has 0 aliphatic carbocycles. The van der Waals surface area contributed by atoms with Crippen LogP contribution in [0.1, 0.15) is 5.56 Å². The molecule has 0 radical (unpaired) electrons. The third kappa shape index (κ3) is 2.06. The van der Waals surface area contributed by atoms with E-state index in [4.69, 9.17) is 4.42 Å². The first-order valence-electron chi connectivity index (χ1n) is 5.98. The molecule has 0 unspecified atom stereocenters. The van der Waals surface area contributed by atoms with Gasteiger partial charge in [-0.1, -0.05) is 42.0 Å². The maximum Gasteiger partial charge on any atom is 0.206 e. The van der Waals surface area contributed by atoms with Crippen molar-refractivity contribution in [2.45, 2.75) is 11.8 Å². The van der Waals surface area contributed by atoms with E-state index in [0.29, 0.717) is 21.6 Å². The van der Waals surface area contributed by atoms with Gasteiger partial charge < -0.3 is 4.42 Å². The minimum absolute atomic E-state index is 0.0906. The molecule has 0 atom stereocenters. The van der Waals surface area contributed by atoms with Gasteiger partial charge in [0.25, 0.3) is 0 Å². The standard InChI is InChI=1S/C16H12O2S/c1-10-7-8-13-12(9-10)14(17)16(19)15(18-13)11-5-3-2-4-6-11/h2-9,19H,1H3. The Morgan fingerprint density at radius 1 is 1.05 bits per heavy atom. The Morgan fingerprint density at radius 2 is 1.79 bits per heavy atom. The van der Waals surface area contributed by atoms with Crippen LogP contribution in [-0.4, -0.2) is 0 Å². The normalized spacial score (nSPS) is 10.8. The van der Waals surface area contributed by atoms with Gasteiger partial charge in [0, 0.05) is 5.56 Å². The molecule has 3 aromatic rings. The second-order valence-electron chi connectivity index (χ2n) is 4.47. The Labute approximate surface area is 116 Å². The number of aryl methyl sites for hydroxylation is 1. The Kier molecular flexibility index (Phi) is 2.91. The molecule has 3 heteroatoms. The minimum atomic E-state index is -0.0906. The summed E-state index contributed by atoms with van der Waals surface area (Å²) < 4.78 is 5.84. The van der Waals surface area contributed by atoms with Crippen molar-refractivity contribution in [3.05, 3.63) is 64.3 Å². The van der Waals surface area contributed by atoms with Crippen molar-refractivity contribution in [1.29, 1.82) is 0 Å². The van der Waals surface area contributed by atoms with E-state index in [0.717, 1.165) is 11.1 Å². The predicted octanol–water partition coefficient (Wildman–Crippen LogP) is 4.06. The zero-order valence-electron chi connectivity index (χ0n) is 10.4. The lowest BCUT2D eigenvalue weighted by molar-refractivity contribution is 0.605. The van der Waals surface area contributed by atoms with Crippen LogP contribution in [0.15, 0.2) is 62.6 Å². The van der Waals surface area contributed by atoms with Crippen molar-refractivity contribution < 1.29 is 4.42 Å². The zero-order chi connectivity index (χ0) is 13.4. The third-order valence-corrected chi connectivity index (χ3v) is 3.46. The van der Waals surface area contributed by atoms with E-state index < -0.39 is 0 Å². The van der Waals surface area contributed by atoms with E-state index >= 15 is 0 Å². The topological polar surface area (TPSA) is 30.2 Å². The van der Waals surface area contributed by atoms with Gasteiger partial charge in [-0.15, -0.1) is 12.6 Å². The Bertz CT molecular complexity index is 804. The summed E-state index contributed by atoms with van der Waals surface area (Å²) in [4.78, 5) is 12.7. The SMILES string of the molecule is Cc1ccc2oc(-c3ccccc3)c(S)c(=O)c2c1. The summed E-state index contributed by atoms with van der Waals surface area (Å²) in [7, 11) is 0. The van der Waals surface area contributed by atoms with E-state index in [1.54, 1.807) is 0 Å². The molecule has 94 valence electrons. The first-order valence-corrected chi connectivity index (χ1v) is 6.43. The van der Waals surface area contributed by atoms with Crippen molar-refractivity contribution in [2.75, 3.05) is 0 Å². The van der Waals surface area contributed by atoms with Crippen LogP contribution >= 0.6 is 12.6 Å². The lowest BCUT2D eigenvalue weighted by atomic mass is 10.1. The van der Waals surface area contributed by atoms with Crippen molar-refractivity contribution in [1.82, 2.24) is 0 Å². The second kappa shape index (κ2) is 4.59. The molecule has 19 heavy (non-hydrogen) atoms. The summed E-state index contributed by atoms with van der Waals surface area (Å²) >= 11 is 4.33. The third-order valence-electron chi connectivity index (χ3n) is 3.06. The smallest absolute Gasteiger partial charge is 0.206 e. The number of rotatable bonds is 1. The minimum Gasteiger partial charge on any atom is -0.455 e. The molecule has 3 rings (SSSR count). The van der Waals surface area contributed by atoms with Gasteiger partial charge in [0.2, 0.25) is 5.43 Å². The molecule has 0 aliphatic rings. The summed E-state index contributed by atoms with van der Waals surface area (Å²) in [5.74, 6) is 0.519. The van der Waals surface area contributed by atoms with Gasteiger partial charge in [-0.05, 0) is 19.1 Å². The van der Waals surface area contributed by atoms with Crippen molar-refractivity contribution in [3.8, 4) is 11.3 Å². The fraction of sp³-hybridized carbons (Fsp3) is 0.0625. The first-order chi connectivity index (χ1) is 9.16. The number of hydrogen-bond donors (Lipinski definition) is 1. The Hall–Kier alpha value is -2.00. The fourth-order valence-corrected chi connectivity index (χ4v) is 2.38. The number of fused-ring (bicyclic) bond motifs is 1.